The molecule has 2 aliphatic heterocycles. The molecule has 0 aromatic heterocycles. The molecule has 0 bridgehead atoms. The third-order valence-electron chi connectivity index (χ3n) is 12.0. The predicted molar refractivity (Wildman–Crippen MR) is 212 cm³/mol. The number of anilines is 3. The summed E-state index contributed by atoms with van der Waals surface area (Å²) < 4.78 is 5.79. The molecule has 8 rings (SSSR count). The molecule has 58 heavy (non-hydrogen) atoms. The van der Waals surface area contributed by atoms with Crippen molar-refractivity contribution in [3.8, 4) is 11.5 Å². The summed E-state index contributed by atoms with van der Waals surface area (Å²) in [6.45, 7) is 1.96. The zero-order valence-corrected chi connectivity index (χ0v) is 32.2. The van der Waals surface area contributed by atoms with Gasteiger partial charge in [-0.2, -0.15) is 0 Å². The molecule has 0 radical (unpaired) electrons. The Morgan fingerprint density at radius 2 is 1.52 bits per heavy atom. The Hall–Kier alpha value is -6.61. The molecule has 4 aliphatic rings. The number of rotatable bonds is 9. The summed E-state index contributed by atoms with van der Waals surface area (Å²) in [5, 5.41) is 36.8. The fourth-order valence-electron chi connectivity index (χ4n) is 9.84. The number of hydrogen-bond acceptors (Lipinski definition) is 11. The van der Waals surface area contributed by atoms with Gasteiger partial charge in [0, 0.05) is 42.7 Å². The highest BCUT2D eigenvalue weighted by Gasteiger charge is 2.70. The molecule has 0 spiro atoms. The van der Waals surface area contributed by atoms with E-state index < -0.39 is 79.9 Å². The van der Waals surface area contributed by atoms with E-state index in [1.54, 1.807) is 79.7 Å². The SMILES string of the molecule is CCOc1cccc([C@H]2C3=CC[C@@H]4C(=O)N(c5cc([N+](=O)[O-])c(N(C)C)c([N+](=O)[O-])c5)C(=O)[C@@H]4[C@@H]3C[C@H]3C(=O)N(c4cccc(Cl)c4)C(=O)[C@@]23c2ccccc2)c1O. The summed E-state index contributed by atoms with van der Waals surface area (Å²) in [5.41, 5.74) is -2.12. The molecule has 1 saturated carbocycles. The third-order valence-corrected chi connectivity index (χ3v) is 12.2. The van der Waals surface area contributed by atoms with Gasteiger partial charge in [-0.05, 0) is 55.5 Å². The number of carbonyl (C=O) groups is 4. The third kappa shape index (κ3) is 5.47. The number of amides is 4. The van der Waals surface area contributed by atoms with Crippen LogP contribution >= 0.6 is 11.6 Å². The predicted octanol–water partition coefficient (Wildman–Crippen LogP) is 6.69. The van der Waals surface area contributed by atoms with E-state index in [1.807, 2.05) is 0 Å². The molecule has 6 atom stereocenters. The van der Waals surface area contributed by atoms with Gasteiger partial charge in [-0.15, -0.1) is 0 Å². The van der Waals surface area contributed by atoms with E-state index >= 15 is 9.59 Å². The van der Waals surface area contributed by atoms with Gasteiger partial charge in [0.1, 0.15) is 0 Å². The Kier molecular flexibility index (Phi) is 9.30. The van der Waals surface area contributed by atoms with Gasteiger partial charge < -0.3 is 14.7 Å². The number of halogens is 1. The van der Waals surface area contributed by atoms with Gasteiger partial charge in [-0.3, -0.25) is 39.4 Å². The minimum absolute atomic E-state index is 0.00433. The van der Waals surface area contributed by atoms with E-state index in [-0.39, 0.29) is 58.6 Å². The van der Waals surface area contributed by atoms with Crippen molar-refractivity contribution < 1.29 is 38.9 Å². The van der Waals surface area contributed by atoms with Crippen LogP contribution in [0, 0.1) is 43.9 Å². The Morgan fingerprint density at radius 1 is 0.845 bits per heavy atom. The van der Waals surface area contributed by atoms with Crippen LogP contribution in [0.25, 0.3) is 0 Å². The number of benzene rings is 4. The van der Waals surface area contributed by atoms with Crippen molar-refractivity contribution in [3.63, 3.8) is 0 Å². The second-order valence-corrected chi connectivity index (χ2v) is 15.4. The largest absolute Gasteiger partial charge is 0.504 e. The van der Waals surface area contributed by atoms with Crippen LogP contribution in [0.15, 0.2) is 96.6 Å². The summed E-state index contributed by atoms with van der Waals surface area (Å²) in [5.74, 6) is -7.92. The number of imide groups is 2. The van der Waals surface area contributed by atoms with E-state index in [0.717, 1.165) is 21.9 Å². The standard InChI is InChI=1S/C42H36ClN5O10/c1-4-58-33-15-9-14-28(37(33)49)35-26-16-17-27-34(40(52)45(38(27)50)25-19-31(47(54)55)36(44(2)3)32(20-25)48(56)57)29(26)21-30-39(51)46(24-13-8-12-23(43)18-24)41(53)42(30,35)22-10-6-5-7-11-22/h5-16,18-20,27,29-30,34-35,49H,4,17,21H2,1-3H3/t27-,29+,30-,34-,35+,42+/m0/s1. The topological polar surface area (TPSA) is 194 Å². The summed E-state index contributed by atoms with van der Waals surface area (Å²) in [4.78, 5) is 85.6. The molecule has 1 N–H and O–H groups in total. The molecule has 16 heteroatoms. The summed E-state index contributed by atoms with van der Waals surface area (Å²) >= 11 is 6.39. The van der Waals surface area contributed by atoms with Crippen molar-refractivity contribution in [2.45, 2.75) is 31.1 Å². The Labute approximate surface area is 336 Å². The molecule has 4 amide bonds. The average molecular weight is 806 g/mol. The number of para-hydroxylation sites is 1. The molecule has 4 aromatic rings. The minimum Gasteiger partial charge on any atom is -0.504 e. The molecule has 2 saturated heterocycles. The van der Waals surface area contributed by atoms with Crippen LogP contribution in [0.2, 0.25) is 5.02 Å². The highest BCUT2D eigenvalue weighted by atomic mass is 35.5. The van der Waals surface area contributed by atoms with Gasteiger partial charge in [0.05, 0.1) is 51.0 Å². The first-order chi connectivity index (χ1) is 27.7. The summed E-state index contributed by atoms with van der Waals surface area (Å²) in [6, 6.07) is 22.0. The maximum Gasteiger partial charge on any atom is 0.301 e. The molecule has 15 nitrogen and oxygen atoms in total. The molecular formula is C42H36ClN5O10. The van der Waals surface area contributed by atoms with Gasteiger partial charge in [0.2, 0.25) is 23.6 Å². The van der Waals surface area contributed by atoms with Crippen molar-refractivity contribution in [2.24, 2.45) is 23.7 Å². The summed E-state index contributed by atoms with van der Waals surface area (Å²) in [6.07, 6.45) is 1.72. The van der Waals surface area contributed by atoms with Crippen LogP contribution in [0.3, 0.4) is 0 Å². The number of hydrogen-bond donors (Lipinski definition) is 1. The van der Waals surface area contributed by atoms with E-state index in [1.165, 1.54) is 25.1 Å². The van der Waals surface area contributed by atoms with E-state index in [4.69, 9.17) is 16.3 Å². The number of carbonyl (C=O) groups excluding carboxylic acids is 4. The molecule has 3 fully saturated rings. The van der Waals surface area contributed by atoms with Crippen LogP contribution in [-0.2, 0) is 24.6 Å². The average Bonchev–Trinajstić information content (AvgIpc) is 3.59. The van der Waals surface area contributed by atoms with Crippen molar-refractivity contribution in [1.82, 2.24) is 0 Å². The fraction of sp³-hybridized carbons (Fsp3) is 0.286. The number of ether oxygens (including phenoxy) is 1. The summed E-state index contributed by atoms with van der Waals surface area (Å²) in [7, 11) is 2.81. The van der Waals surface area contributed by atoms with E-state index in [0.29, 0.717) is 11.1 Å². The number of fused-ring (bicyclic) bond motifs is 4. The van der Waals surface area contributed by atoms with Crippen LogP contribution in [0.4, 0.5) is 28.4 Å². The monoisotopic (exact) mass is 805 g/mol. The quantitative estimate of drug-likeness (QED) is 0.0819. The molecule has 4 aromatic carbocycles. The van der Waals surface area contributed by atoms with Crippen LogP contribution < -0.4 is 19.4 Å². The fourth-order valence-corrected chi connectivity index (χ4v) is 10.0. The zero-order valence-electron chi connectivity index (χ0n) is 31.4. The lowest BCUT2D eigenvalue weighted by Crippen LogP contribution is -2.53. The number of allylic oxidation sites excluding steroid dienone is 2. The molecule has 296 valence electrons. The number of nitro groups is 2. The normalized spacial score (nSPS) is 24.9. The number of aromatic hydroxyl groups is 1. The van der Waals surface area contributed by atoms with Crippen LogP contribution in [0.1, 0.15) is 36.8 Å². The van der Waals surface area contributed by atoms with Crippen molar-refractivity contribution >= 4 is 63.7 Å². The van der Waals surface area contributed by atoms with Gasteiger partial charge in [-0.25, -0.2) is 9.80 Å². The number of phenols is 1. The van der Waals surface area contributed by atoms with Crippen LogP contribution in [0.5, 0.6) is 11.5 Å². The maximum absolute atomic E-state index is 15.5. The number of nitrogens with zero attached hydrogens (tertiary/aromatic N) is 5. The highest BCUT2D eigenvalue weighted by Crippen LogP contribution is 2.66. The first-order valence-corrected chi connectivity index (χ1v) is 19.0. The van der Waals surface area contributed by atoms with Crippen LogP contribution in [-0.4, -0.2) is 59.3 Å². The minimum atomic E-state index is -1.67. The lowest BCUT2D eigenvalue weighted by Gasteiger charge is -2.50. The van der Waals surface area contributed by atoms with Crippen molar-refractivity contribution in [2.75, 3.05) is 35.4 Å². The first kappa shape index (κ1) is 38.3. The Balaban J connectivity index is 1.34. The lowest BCUT2D eigenvalue weighted by molar-refractivity contribution is -0.392. The van der Waals surface area contributed by atoms with Gasteiger partial charge >= 0.3 is 11.4 Å². The van der Waals surface area contributed by atoms with Gasteiger partial charge in [0.25, 0.3) is 0 Å². The van der Waals surface area contributed by atoms with Gasteiger partial charge in [0.15, 0.2) is 17.2 Å². The molecule has 0 unspecified atom stereocenters. The molecule has 2 aliphatic carbocycles. The van der Waals surface area contributed by atoms with Gasteiger partial charge in [-0.1, -0.05) is 71.8 Å². The maximum atomic E-state index is 15.5. The zero-order chi connectivity index (χ0) is 41.4. The molecular weight excluding hydrogens is 770 g/mol. The Bertz CT molecular complexity index is 2460. The van der Waals surface area contributed by atoms with Crippen molar-refractivity contribution in [3.05, 3.63) is 133 Å². The van der Waals surface area contributed by atoms with E-state index in [9.17, 15) is 34.9 Å². The first-order valence-electron chi connectivity index (χ1n) is 18.6. The highest BCUT2D eigenvalue weighted by molar-refractivity contribution is 6.32. The lowest BCUT2D eigenvalue weighted by atomic mass is 9.49. The Morgan fingerprint density at radius 3 is 2.14 bits per heavy atom. The second-order valence-electron chi connectivity index (χ2n) is 15.0. The van der Waals surface area contributed by atoms with Crippen molar-refractivity contribution in [1.29, 1.82) is 0 Å². The van der Waals surface area contributed by atoms with E-state index in [2.05, 4.69) is 0 Å². The second kappa shape index (κ2) is 14.1. The smallest absolute Gasteiger partial charge is 0.301 e. The number of phenolic OH excluding ortho intramolecular Hbond substituents is 1. The molecule has 2 heterocycles. The number of nitro benzene ring substituents is 2.